The highest BCUT2D eigenvalue weighted by molar-refractivity contribution is 7.19. The van der Waals surface area contributed by atoms with Crippen LogP contribution in [0.3, 0.4) is 0 Å². The van der Waals surface area contributed by atoms with Gasteiger partial charge < -0.3 is 5.32 Å². The smallest absolute Gasteiger partial charge is 0.141 e. The van der Waals surface area contributed by atoms with Crippen molar-refractivity contribution in [3.63, 3.8) is 0 Å². The lowest BCUT2D eigenvalue weighted by molar-refractivity contribution is 0.657. The molecule has 3 rings (SSSR count). The zero-order valence-electron chi connectivity index (χ0n) is 7.38. The molecule has 0 saturated carbocycles. The van der Waals surface area contributed by atoms with Crippen LogP contribution in [0.5, 0.6) is 0 Å². The summed E-state index contributed by atoms with van der Waals surface area (Å²) in [6.45, 7) is 1.96. The summed E-state index contributed by atoms with van der Waals surface area (Å²) in [6.07, 6.45) is 2.56. The van der Waals surface area contributed by atoms with Gasteiger partial charge in [0.1, 0.15) is 16.3 Å². The maximum absolute atomic E-state index is 6.07. The van der Waals surface area contributed by atoms with Crippen molar-refractivity contribution in [2.24, 2.45) is 0 Å². The van der Waals surface area contributed by atoms with Crippen LogP contribution >= 0.6 is 22.9 Å². The second-order valence-electron chi connectivity index (χ2n) is 3.28. The number of hydrogen-bond acceptors (Lipinski definition) is 4. The van der Waals surface area contributed by atoms with Gasteiger partial charge in [-0.25, -0.2) is 9.97 Å². The van der Waals surface area contributed by atoms with Gasteiger partial charge in [-0.1, -0.05) is 11.6 Å². The Balaban J connectivity index is 2.38. The summed E-state index contributed by atoms with van der Waals surface area (Å²) in [4.78, 5) is 10.6. The van der Waals surface area contributed by atoms with Crippen LogP contribution < -0.4 is 5.32 Å². The maximum Gasteiger partial charge on any atom is 0.141 e. The van der Waals surface area contributed by atoms with Crippen LogP contribution in [-0.2, 0) is 13.0 Å². The molecule has 0 atom stereocenters. The lowest BCUT2D eigenvalue weighted by atomic mass is 10.1. The summed E-state index contributed by atoms with van der Waals surface area (Å²) in [7, 11) is 0. The molecule has 0 aliphatic carbocycles. The Kier molecular flexibility index (Phi) is 1.93. The van der Waals surface area contributed by atoms with E-state index < -0.39 is 0 Å². The minimum absolute atomic E-state index is 0.592. The van der Waals surface area contributed by atoms with E-state index in [0.717, 1.165) is 29.7 Å². The Hall–Kier alpha value is -0.710. The van der Waals surface area contributed by atoms with E-state index in [9.17, 15) is 0 Å². The third-order valence-electron chi connectivity index (χ3n) is 2.46. The molecule has 72 valence electrons. The van der Waals surface area contributed by atoms with Gasteiger partial charge in [0.25, 0.3) is 0 Å². The van der Waals surface area contributed by atoms with Gasteiger partial charge in [0.05, 0.1) is 5.39 Å². The molecule has 2 aromatic rings. The third-order valence-corrected chi connectivity index (χ3v) is 3.89. The van der Waals surface area contributed by atoms with Gasteiger partial charge in [0.2, 0.25) is 0 Å². The molecule has 0 bridgehead atoms. The summed E-state index contributed by atoms with van der Waals surface area (Å²) in [5.74, 6) is 0. The molecule has 0 spiro atoms. The Morgan fingerprint density at radius 2 is 2.36 bits per heavy atom. The first kappa shape index (κ1) is 8.59. The van der Waals surface area contributed by atoms with Crippen LogP contribution in [0, 0.1) is 0 Å². The van der Waals surface area contributed by atoms with Gasteiger partial charge in [-0.3, -0.25) is 0 Å². The number of rotatable bonds is 0. The summed E-state index contributed by atoms with van der Waals surface area (Å²) in [5, 5.41) is 5.00. The quantitative estimate of drug-likeness (QED) is 0.697. The molecule has 0 saturated heterocycles. The Morgan fingerprint density at radius 3 is 3.29 bits per heavy atom. The fraction of sp³-hybridized carbons (Fsp3) is 0.333. The molecule has 0 unspecified atom stereocenters. The predicted octanol–water partition coefficient (Wildman–Crippen LogP) is 1.99. The predicted molar refractivity (Wildman–Crippen MR) is 57.8 cm³/mol. The number of halogens is 1. The molecule has 2 aromatic heterocycles. The highest BCUT2D eigenvalue weighted by Crippen LogP contribution is 2.34. The van der Waals surface area contributed by atoms with Crippen molar-refractivity contribution in [2.45, 2.75) is 13.0 Å². The largest absolute Gasteiger partial charge is 0.312 e. The number of hydrogen-bond donors (Lipinski definition) is 1. The molecule has 0 aromatic carbocycles. The van der Waals surface area contributed by atoms with Crippen molar-refractivity contribution in [3.8, 4) is 0 Å². The van der Waals surface area contributed by atoms with Crippen LogP contribution in [0.4, 0.5) is 0 Å². The topological polar surface area (TPSA) is 37.8 Å². The van der Waals surface area contributed by atoms with Gasteiger partial charge in [0, 0.05) is 11.4 Å². The van der Waals surface area contributed by atoms with Crippen LogP contribution in [-0.4, -0.2) is 16.5 Å². The van der Waals surface area contributed by atoms with Crippen molar-refractivity contribution in [3.05, 3.63) is 21.9 Å². The average Bonchev–Trinajstić information content (AvgIpc) is 2.57. The average molecular weight is 226 g/mol. The minimum Gasteiger partial charge on any atom is -0.312 e. The van der Waals surface area contributed by atoms with E-state index in [1.54, 1.807) is 11.3 Å². The van der Waals surface area contributed by atoms with E-state index in [1.165, 1.54) is 16.8 Å². The van der Waals surface area contributed by atoms with Crippen molar-refractivity contribution in [2.75, 3.05) is 6.54 Å². The van der Waals surface area contributed by atoms with Gasteiger partial charge >= 0.3 is 0 Å². The highest BCUT2D eigenvalue weighted by Gasteiger charge is 2.18. The molecule has 14 heavy (non-hydrogen) atoms. The van der Waals surface area contributed by atoms with Gasteiger partial charge in [-0.15, -0.1) is 11.3 Å². The van der Waals surface area contributed by atoms with Gasteiger partial charge in [0.15, 0.2) is 0 Å². The third kappa shape index (κ3) is 1.15. The van der Waals surface area contributed by atoms with Crippen LogP contribution in [0.2, 0.25) is 5.15 Å². The Bertz CT molecular complexity index is 494. The molecule has 0 radical (unpaired) electrons. The highest BCUT2D eigenvalue weighted by atomic mass is 35.5. The van der Waals surface area contributed by atoms with E-state index in [0.29, 0.717) is 5.15 Å². The minimum atomic E-state index is 0.592. The van der Waals surface area contributed by atoms with E-state index >= 15 is 0 Å². The molecule has 1 aliphatic rings. The molecular formula is C9H8ClN3S. The number of nitrogens with zero attached hydrogens (tertiary/aromatic N) is 2. The Morgan fingerprint density at radius 1 is 1.43 bits per heavy atom. The van der Waals surface area contributed by atoms with Gasteiger partial charge in [-0.05, 0) is 18.5 Å². The zero-order chi connectivity index (χ0) is 9.54. The monoisotopic (exact) mass is 225 g/mol. The first-order chi connectivity index (χ1) is 6.86. The first-order valence-electron chi connectivity index (χ1n) is 4.48. The Labute approximate surface area is 90.1 Å². The summed E-state index contributed by atoms with van der Waals surface area (Å²) in [5.41, 5.74) is 1.34. The van der Waals surface area contributed by atoms with Crippen molar-refractivity contribution < 1.29 is 0 Å². The number of aromatic nitrogens is 2. The molecule has 0 amide bonds. The lowest BCUT2D eigenvalue weighted by Crippen LogP contribution is -2.21. The SMILES string of the molecule is Clc1ncnc2sc3c(c12)CCNC3. The summed E-state index contributed by atoms with van der Waals surface area (Å²) >= 11 is 7.79. The fourth-order valence-corrected chi connectivity index (χ4v) is 3.28. The maximum atomic E-state index is 6.07. The molecule has 0 fully saturated rings. The standard InChI is InChI=1S/C9H8ClN3S/c10-8-7-5-1-2-11-3-6(5)14-9(7)13-4-12-8/h4,11H,1-3H2. The fourth-order valence-electron chi connectivity index (χ4n) is 1.82. The van der Waals surface area contributed by atoms with Crippen molar-refractivity contribution >= 4 is 33.2 Å². The van der Waals surface area contributed by atoms with Crippen molar-refractivity contribution in [1.29, 1.82) is 0 Å². The summed E-state index contributed by atoms with van der Waals surface area (Å²) < 4.78 is 0. The summed E-state index contributed by atoms with van der Waals surface area (Å²) in [6, 6.07) is 0. The molecule has 1 N–H and O–H groups in total. The number of nitrogens with one attached hydrogen (secondary N) is 1. The molecule has 3 heterocycles. The normalized spacial score (nSPS) is 15.8. The van der Waals surface area contributed by atoms with Crippen LogP contribution in [0.25, 0.3) is 10.2 Å². The van der Waals surface area contributed by atoms with E-state index in [-0.39, 0.29) is 0 Å². The second kappa shape index (κ2) is 3.15. The lowest BCUT2D eigenvalue weighted by Gasteiger charge is -2.12. The van der Waals surface area contributed by atoms with Crippen LogP contribution in [0.15, 0.2) is 6.33 Å². The molecule has 5 heteroatoms. The first-order valence-corrected chi connectivity index (χ1v) is 5.67. The number of fused-ring (bicyclic) bond motifs is 3. The molecule has 1 aliphatic heterocycles. The van der Waals surface area contributed by atoms with E-state index in [2.05, 4.69) is 15.3 Å². The van der Waals surface area contributed by atoms with E-state index in [4.69, 9.17) is 11.6 Å². The number of thiophene rings is 1. The van der Waals surface area contributed by atoms with Crippen LogP contribution in [0.1, 0.15) is 10.4 Å². The molecular weight excluding hydrogens is 218 g/mol. The van der Waals surface area contributed by atoms with E-state index in [1.807, 2.05) is 0 Å². The van der Waals surface area contributed by atoms with Crippen molar-refractivity contribution in [1.82, 2.24) is 15.3 Å². The van der Waals surface area contributed by atoms with Gasteiger partial charge in [-0.2, -0.15) is 0 Å². The zero-order valence-corrected chi connectivity index (χ0v) is 8.95. The molecule has 3 nitrogen and oxygen atoms in total. The second-order valence-corrected chi connectivity index (χ2v) is 4.72.